The Bertz CT molecular complexity index is 219. The number of nitrogens with two attached hydrogens (primary N) is 1. The van der Waals surface area contributed by atoms with Gasteiger partial charge in [0.1, 0.15) is 0 Å². The molecule has 3 N–H and O–H groups in total. The van der Waals surface area contributed by atoms with Crippen molar-refractivity contribution in [1.82, 2.24) is 0 Å². The van der Waals surface area contributed by atoms with Crippen molar-refractivity contribution in [3.8, 4) is 0 Å². The molecule has 9 heavy (non-hydrogen) atoms. The number of allylic oxidation sites excluding steroid dienone is 1. The van der Waals surface area contributed by atoms with Gasteiger partial charge < -0.3 is 10.8 Å². The Hall–Kier alpha value is -0.980. The van der Waals surface area contributed by atoms with Gasteiger partial charge in [-0.15, -0.1) is 0 Å². The SMILES string of the molecule is CC1=C=C(N)C(CO)=C1. The van der Waals surface area contributed by atoms with Crippen LogP contribution in [0.15, 0.2) is 28.7 Å². The van der Waals surface area contributed by atoms with Gasteiger partial charge in [0.2, 0.25) is 0 Å². The molecule has 0 bridgehead atoms. The predicted molar refractivity (Wildman–Crippen MR) is 35.6 cm³/mol. The van der Waals surface area contributed by atoms with Gasteiger partial charge in [-0.3, -0.25) is 0 Å². The summed E-state index contributed by atoms with van der Waals surface area (Å²) < 4.78 is 0. The highest BCUT2D eigenvalue weighted by molar-refractivity contribution is 5.41. The van der Waals surface area contributed by atoms with Crippen molar-refractivity contribution < 1.29 is 5.11 Å². The van der Waals surface area contributed by atoms with Crippen molar-refractivity contribution in [2.45, 2.75) is 6.92 Å². The Kier molecular flexibility index (Phi) is 1.43. The van der Waals surface area contributed by atoms with E-state index in [-0.39, 0.29) is 6.61 Å². The first-order chi connectivity index (χ1) is 4.24. The molecular formula is C7H9NO. The third-order valence-corrected chi connectivity index (χ3v) is 1.24. The second-order valence-corrected chi connectivity index (χ2v) is 2.05. The fraction of sp³-hybridized carbons (Fsp3) is 0.286. The van der Waals surface area contributed by atoms with Crippen LogP contribution < -0.4 is 5.73 Å². The maximum Gasteiger partial charge on any atom is 0.0806 e. The van der Waals surface area contributed by atoms with Crippen LogP contribution in [0.1, 0.15) is 6.92 Å². The Morgan fingerprint density at radius 2 is 2.44 bits per heavy atom. The van der Waals surface area contributed by atoms with Crippen LogP contribution in [0.25, 0.3) is 0 Å². The topological polar surface area (TPSA) is 46.2 Å². The van der Waals surface area contributed by atoms with E-state index in [9.17, 15) is 0 Å². The molecule has 0 unspecified atom stereocenters. The molecule has 48 valence electrons. The van der Waals surface area contributed by atoms with Crippen LogP contribution in [-0.4, -0.2) is 11.7 Å². The monoisotopic (exact) mass is 123 g/mol. The van der Waals surface area contributed by atoms with E-state index in [1.165, 1.54) is 0 Å². The van der Waals surface area contributed by atoms with Crippen molar-refractivity contribution in [2.75, 3.05) is 6.61 Å². The number of aliphatic hydroxyl groups excluding tert-OH is 1. The second kappa shape index (κ2) is 2.09. The highest BCUT2D eigenvalue weighted by Gasteiger charge is 2.03. The number of hydrogen-bond donors (Lipinski definition) is 2. The van der Waals surface area contributed by atoms with E-state index in [4.69, 9.17) is 10.8 Å². The van der Waals surface area contributed by atoms with Gasteiger partial charge in [-0.25, -0.2) is 0 Å². The lowest BCUT2D eigenvalue weighted by molar-refractivity contribution is 0.333. The van der Waals surface area contributed by atoms with Crippen molar-refractivity contribution in [2.24, 2.45) is 5.73 Å². The summed E-state index contributed by atoms with van der Waals surface area (Å²) in [4.78, 5) is 0. The summed E-state index contributed by atoms with van der Waals surface area (Å²) in [5.74, 6) is 0. The van der Waals surface area contributed by atoms with Gasteiger partial charge in [0.15, 0.2) is 0 Å². The molecule has 0 fully saturated rings. The molecule has 2 heteroatoms. The minimum atomic E-state index is 0.0101. The van der Waals surface area contributed by atoms with E-state index in [0.29, 0.717) is 5.70 Å². The molecule has 2 nitrogen and oxygen atoms in total. The Balaban J connectivity index is 2.90. The normalized spacial score (nSPS) is 16.9. The summed E-state index contributed by atoms with van der Waals surface area (Å²) >= 11 is 0. The highest BCUT2D eigenvalue weighted by Crippen LogP contribution is 2.12. The molecule has 0 aromatic rings. The van der Waals surface area contributed by atoms with Crippen LogP contribution in [0, 0.1) is 0 Å². The van der Waals surface area contributed by atoms with Gasteiger partial charge in [-0.2, -0.15) is 0 Å². The standard InChI is InChI=1S/C7H9NO/c1-5-2-6(4-9)7(8)3-5/h2,9H,4,8H2,1H3. The van der Waals surface area contributed by atoms with E-state index < -0.39 is 0 Å². The third-order valence-electron chi connectivity index (χ3n) is 1.24. The van der Waals surface area contributed by atoms with E-state index >= 15 is 0 Å². The van der Waals surface area contributed by atoms with Crippen molar-refractivity contribution >= 4 is 0 Å². The molecule has 0 aliphatic heterocycles. The molecule has 0 aromatic carbocycles. The van der Waals surface area contributed by atoms with Crippen LogP contribution in [-0.2, 0) is 0 Å². The Morgan fingerprint density at radius 1 is 1.78 bits per heavy atom. The summed E-state index contributed by atoms with van der Waals surface area (Å²) in [6.45, 7) is 1.91. The molecule has 0 heterocycles. The molecule has 1 aliphatic rings. The molecule has 0 radical (unpaired) electrons. The van der Waals surface area contributed by atoms with E-state index in [2.05, 4.69) is 5.73 Å². The Morgan fingerprint density at radius 3 is 2.67 bits per heavy atom. The lowest BCUT2D eigenvalue weighted by Gasteiger charge is -1.93. The summed E-state index contributed by atoms with van der Waals surface area (Å²) in [5, 5.41) is 8.63. The molecule has 1 aliphatic carbocycles. The van der Waals surface area contributed by atoms with E-state index in [1.807, 2.05) is 13.0 Å². The quantitative estimate of drug-likeness (QED) is 0.493. The summed E-state index contributed by atoms with van der Waals surface area (Å²) in [7, 11) is 0. The number of hydrogen-bond acceptors (Lipinski definition) is 2. The zero-order valence-corrected chi connectivity index (χ0v) is 5.31. The van der Waals surface area contributed by atoms with E-state index in [0.717, 1.165) is 11.1 Å². The second-order valence-electron chi connectivity index (χ2n) is 2.05. The van der Waals surface area contributed by atoms with Gasteiger partial charge in [-0.05, 0) is 18.6 Å². The van der Waals surface area contributed by atoms with Crippen molar-refractivity contribution in [1.29, 1.82) is 0 Å². The van der Waals surface area contributed by atoms with Gasteiger partial charge in [0.05, 0.1) is 12.3 Å². The molecule has 0 amide bonds. The van der Waals surface area contributed by atoms with Gasteiger partial charge >= 0.3 is 0 Å². The predicted octanol–water partition coefficient (Wildman–Crippen LogP) is 0.307. The fourth-order valence-corrected chi connectivity index (χ4v) is 0.799. The average molecular weight is 123 g/mol. The Labute approximate surface area is 54.0 Å². The minimum Gasteiger partial charge on any atom is -0.392 e. The third kappa shape index (κ3) is 1.04. The minimum absolute atomic E-state index is 0.0101. The van der Waals surface area contributed by atoms with Crippen LogP contribution in [0.5, 0.6) is 0 Å². The molecule has 0 atom stereocenters. The molecule has 0 spiro atoms. The van der Waals surface area contributed by atoms with E-state index in [1.54, 1.807) is 0 Å². The largest absolute Gasteiger partial charge is 0.392 e. The fourth-order valence-electron chi connectivity index (χ4n) is 0.799. The maximum absolute atomic E-state index is 8.63. The van der Waals surface area contributed by atoms with Crippen LogP contribution in [0.2, 0.25) is 0 Å². The molecule has 0 saturated carbocycles. The lowest BCUT2D eigenvalue weighted by atomic mass is 10.2. The average Bonchev–Trinajstić information content (AvgIpc) is 2.10. The van der Waals surface area contributed by atoms with Crippen LogP contribution in [0.4, 0.5) is 0 Å². The van der Waals surface area contributed by atoms with Crippen LogP contribution >= 0.6 is 0 Å². The summed E-state index contributed by atoms with van der Waals surface area (Å²) in [6.07, 6.45) is 1.83. The first kappa shape index (κ1) is 6.14. The summed E-state index contributed by atoms with van der Waals surface area (Å²) in [6, 6.07) is 0. The van der Waals surface area contributed by atoms with Crippen molar-refractivity contribution in [3.63, 3.8) is 0 Å². The van der Waals surface area contributed by atoms with Gasteiger partial charge in [0, 0.05) is 5.57 Å². The molecule has 0 aromatic heterocycles. The maximum atomic E-state index is 8.63. The zero-order chi connectivity index (χ0) is 6.85. The summed E-state index contributed by atoms with van der Waals surface area (Å²) in [5.41, 5.74) is 10.6. The lowest BCUT2D eigenvalue weighted by Crippen LogP contribution is -2.00. The molecular weight excluding hydrogens is 114 g/mol. The van der Waals surface area contributed by atoms with Crippen LogP contribution in [0.3, 0.4) is 0 Å². The van der Waals surface area contributed by atoms with Gasteiger partial charge in [0.25, 0.3) is 0 Å². The van der Waals surface area contributed by atoms with Crippen molar-refractivity contribution in [3.05, 3.63) is 28.7 Å². The first-order valence-corrected chi connectivity index (χ1v) is 2.79. The number of aliphatic hydroxyl groups is 1. The highest BCUT2D eigenvalue weighted by atomic mass is 16.3. The number of rotatable bonds is 1. The smallest absolute Gasteiger partial charge is 0.0806 e. The molecule has 0 saturated heterocycles. The zero-order valence-electron chi connectivity index (χ0n) is 5.31. The van der Waals surface area contributed by atoms with Gasteiger partial charge in [-0.1, -0.05) is 5.73 Å². The molecule has 1 rings (SSSR count). The first-order valence-electron chi connectivity index (χ1n) is 2.79.